The van der Waals surface area contributed by atoms with Crippen molar-refractivity contribution in [3.63, 3.8) is 0 Å². The molecule has 1 aliphatic rings. The summed E-state index contributed by atoms with van der Waals surface area (Å²) in [5, 5.41) is 0. The second kappa shape index (κ2) is 8.55. The first-order chi connectivity index (χ1) is 10.3. The van der Waals surface area contributed by atoms with Gasteiger partial charge in [-0.15, -0.1) is 12.4 Å². The Morgan fingerprint density at radius 3 is 2.39 bits per heavy atom. The largest absolute Gasteiger partial charge is 0.390 e. The zero-order valence-electron chi connectivity index (χ0n) is 12.8. The molecule has 1 amide bonds. The van der Waals surface area contributed by atoms with E-state index in [4.69, 9.17) is 5.73 Å². The van der Waals surface area contributed by atoms with Crippen LogP contribution >= 0.6 is 12.4 Å². The molecule has 0 saturated heterocycles. The molecule has 0 aromatic heterocycles. The summed E-state index contributed by atoms with van der Waals surface area (Å²) in [5.74, 6) is 0.0534. The molecule has 0 radical (unpaired) electrons. The fourth-order valence-corrected chi connectivity index (χ4v) is 2.33. The summed E-state index contributed by atoms with van der Waals surface area (Å²) in [6, 6.07) is 8.65. The van der Waals surface area contributed by atoms with Gasteiger partial charge in [0.15, 0.2) is 0 Å². The van der Waals surface area contributed by atoms with Gasteiger partial charge in [-0.1, -0.05) is 30.3 Å². The second-order valence-electron chi connectivity index (χ2n) is 5.87. The van der Waals surface area contributed by atoms with Gasteiger partial charge in [-0.3, -0.25) is 4.79 Å². The van der Waals surface area contributed by atoms with Crippen LogP contribution < -0.4 is 5.73 Å². The van der Waals surface area contributed by atoms with Gasteiger partial charge in [0.2, 0.25) is 5.91 Å². The molecule has 0 bridgehead atoms. The van der Waals surface area contributed by atoms with Gasteiger partial charge in [0.1, 0.15) is 0 Å². The fraction of sp³-hybridized carbons (Fsp3) is 0.562. The highest BCUT2D eigenvalue weighted by Crippen LogP contribution is 2.31. The van der Waals surface area contributed by atoms with E-state index < -0.39 is 18.6 Å². The zero-order chi connectivity index (χ0) is 16.2. The van der Waals surface area contributed by atoms with Crippen LogP contribution in [0.15, 0.2) is 30.3 Å². The van der Waals surface area contributed by atoms with E-state index in [0.29, 0.717) is 12.5 Å². The molecule has 1 fully saturated rings. The average molecular weight is 351 g/mol. The number of benzene rings is 1. The summed E-state index contributed by atoms with van der Waals surface area (Å²) < 4.78 is 37.2. The van der Waals surface area contributed by atoms with Crippen molar-refractivity contribution in [1.29, 1.82) is 0 Å². The van der Waals surface area contributed by atoms with E-state index in [-0.39, 0.29) is 31.3 Å². The summed E-state index contributed by atoms with van der Waals surface area (Å²) in [5.41, 5.74) is 6.81. The second-order valence-corrected chi connectivity index (χ2v) is 5.87. The molecular weight excluding hydrogens is 329 g/mol. The number of hydrogen-bond acceptors (Lipinski definition) is 2. The van der Waals surface area contributed by atoms with Crippen LogP contribution in [0.3, 0.4) is 0 Å². The Hall–Kier alpha value is -1.27. The lowest BCUT2D eigenvalue weighted by Gasteiger charge is -2.25. The first-order valence-electron chi connectivity index (χ1n) is 7.50. The number of halogens is 4. The number of amides is 1. The molecule has 1 unspecified atom stereocenters. The Balaban J connectivity index is 0.00000264. The van der Waals surface area contributed by atoms with Crippen molar-refractivity contribution < 1.29 is 18.0 Å². The molecule has 0 heterocycles. The molecule has 130 valence electrons. The summed E-state index contributed by atoms with van der Waals surface area (Å²) in [4.78, 5) is 13.6. The van der Waals surface area contributed by atoms with Crippen LogP contribution in [0.25, 0.3) is 0 Å². The lowest BCUT2D eigenvalue weighted by Crippen LogP contribution is -2.37. The SMILES string of the molecule is Cl.NC(CC(=O)N(CCC(F)(F)F)CC1CC1)c1ccccc1. The summed E-state index contributed by atoms with van der Waals surface area (Å²) in [6.45, 7) is 0.136. The molecule has 2 rings (SSSR count). The monoisotopic (exact) mass is 350 g/mol. The Morgan fingerprint density at radius 2 is 1.87 bits per heavy atom. The van der Waals surface area contributed by atoms with Crippen molar-refractivity contribution in [2.24, 2.45) is 11.7 Å². The maximum atomic E-state index is 12.4. The van der Waals surface area contributed by atoms with Crippen LogP contribution in [0, 0.1) is 5.92 Å². The Kier molecular flexibility index (Phi) is 7.35. The number of carbonyl (C=O) groups excluding carboxylic acids is 1. The summed E-state index contributed by atoms with van der Waals surface area (Å²) in [7, 11) is 0. The predicted molar refractivity (Wildman–Crippen MR) is 85.2 cm³/mol. The van der Waals surface area contributed by atoms with Crippen LogP contribution in [0.2, 0.25) is 0 Å². The molecule has 1 aliphatic carbocycles. The van der Waals surface area contributed by atoms with Crippen LogP contribution in [0.1, 0.15) is 37.3 Å². The van der Waals surface area contributed by atoms with Crippen molar-refractivity contribution >= 4 is 18.3 Å². The molecule has 0 spiro atoms. The van der Waals surface area contributed by atoms with Gasteiger partial charge in [0.05, 0.1) is 6.42 Å². The van der Waals surface area contributed by atoms with E-state index in [2.05, 4.69) is 0 Å². The summed E-state index contributed by atoms with van der Waals surface area (Å²) >= 11 is 0. The van der Waals surface area contributed by atoms with E-state index >= 15 is 0 Å². The Bertz CT molecular complexity index is 492. The molecule has 23 heavy (non-hydrogen) atoms. The van der Waals surface area contributed by atoms with E-state index in [1.165, 1.54) is 4.90 Å². The maximum Gasteiger partial charge on any atom is 0.390 e. The minimum absolute atomic E-state index is 0. The molecule has 2 N–H and O–H groups in total. The highest BCUT2D eigenvalue weighted by atomic mass is 35.5. The molecule has 1 saturated carbocycles. The quantitative estimate of drug-likeness (QED) is 0.815. The number of nitrogens with two attached hydrogens (primary N) is 1. The topological polar surface area (TPSA) is 46.3 Å². The molecule has 1 aromatic rings. The normalized spacial score (nSPS) is 15.7. The van der Waals surface area contributed by atoms with Crippen LogP contribution in [-0.4, -0.2) is 30.1 Å². The molecule has 1 aromatic carbocycles. The lowest BCUT2D eigenvalue weighted by molar-refractivity contribution is -0.145. The third kappa shape index (κ3) is 7.22. The van der Waals surface area contributed by atoms with Gasteiger partial charge < -0.3 is 10.6 Å². The molecule has 7 heteroatoms. The maximum absolute atomic E-state index is 12.4. The van der Waals surface area contributed by atoms with Crippen molar-refractivity contribution in [2.75, 3.05) is 13.1 Å². The average Bonchev–Trinajstić information content (AvgIpc) is 3.27. The fourth-order valence-electron chi connectivity index (χ4n) is 2.33. The lowest BCUT2D eigenvalue weighted by atomic mass is 10.0. The van der Waals surface area contributed by atoms with Gasteiger partial charge in [-0.25, -0.2) is 0 Å². The van der Waals surface area contributed by atoms with E-state index in [1.54, 1.807) is 0 Å². The number of hydrogen-bond donors (Lipinski definition) is 1. The first kappa shape index (κ1) is 19.8. The van der Waals surface area contributed by atoms with E-state index in [9.17, 15) is 18.0 Å². The predicted octanol–water partition coefficient (Wildman–Crippen LogP) is 3.69. The highest BCUT2D eigenvalue weighted by molar-refractivity contribution is 5.85. The van der Waals surface area contributed by atoms with Crippen LogP contribution in [0.5, 0.6) is 0 Å². The molecular formula is C16H22ClF3N2O. The Labute approximate surface area is 140 Å². The molecule has 0 aliphatic heterocycles. The molecule has 1 atom stereocenters. The van der Waals surface area contributed by atoms with Crippen molar-refractivity contribution in [3.8, 4) is 0 Å². The third-order valence-electron chi connectivity index (χ3n) is 3.82. The molecule has 3 nitrogen and oxygen atoms in total. The minimum Gasteiger partial charge on any atom is -0.342 e. The van der Waals surface area contributed by atoms with Crippen molar-refractivity contribution in [3.05, 3.63) is 35.9 Å². The minimum atomic E-state index is -4.25. The van der Waals surface area contributed by atoms with Gasteiger partial charge in [-0.05, 0) is 24.3 Å². The number of carbonyl (C=O) groups is 1. The highest BCUT2D eigenvalue weighted by Gasteiger charge is 2.32. The van der Waals surface area contributed by atoms with E-state index in [1.807, 2.05) is 30.3 Å². The van der Waals surface area contributed by atoms with Crippen molar-refractivity contribution in [1.82, 2.24) is 4.90 Å². The number of alkyl halides is 3. The zero-order valence-corrected chi connectivity index (χ0v) is 13.6. The first-order valence-corrected chi connectivity index (χ1v) is 7.50. The number of rotatable bonds is 7. The van der Waals surface area contributed by atoms with Gasteiger partial charge in [0.25, 0.3) is 0 Å². The van der Waals surface area contributed by atoms with Gasteiger partial charge in [0, 0.05) is 25.6 Å². The van der Waals surface area contributed by atoms with Crippen molar-refractivity contribution in [2.45, 2.75) is 37.9 Å². The smallest absolute Gasteiger partial charge is 0.342 e. The van der Waals surface area contributed by atoms with Crippen LogP contribution in [-0.2, 0) is 4.79 Å². The van der Waals surface area contributed by atoms with Crippen LogP contribution in [0.4, 0.5) is 13.2 Å². The standard InChI is InChI=1S/C16H21F3N2O.ClH/c17-16(18,19)8-9-21(11-12-6-7-12)15(22)10-14(20)13-4-2-1-3-5-13;/h1-5,12,14H,6-11,20H2;1H. The van der Waals surface area contributed by atoms with Gasteiger partial charge in [-0.2, -0.15) is 13.2 Å². The summed E-state index contributed by atoms with van der Waals surface area (Å²) in [6.07, 6.45) is -3.20. The number of nitrogens with zero attached hydrogens (tertiary/aromatic N) is 1. The van der Waals surface area contributed by atoms with Gasteiger partial charge >= 0.3 is 6.18 Å². The Morgan fingerprint density at radius 1 is 1.26 bits per heavy atom. The van der Waals surface area contributed by atoms with E-state index in [0.717, 1.165) is 18.4 Å². The third-order valence-corrected chi connectivity index (χ3v) is 3.82.